The summed E-state index contributed by atoms with van der Waals surface area (Å²) in [4.78, 5) is 13.7. The number of hydrogen-bond donors (Lipinski definition) is 0. The average Bonchev–Trinajstić information content (AvgIpc) is 3.79. The second-order valence-electron chi connectivity index (χ2n) is 13.0. The molecule has 0 saturated carbocycles. The first-order valence-electron chi connectivity index (χ1n) is 17.2. The van der Waals surface area contributed by atoms with E-state index >= 15 is 0 Å². The fourth-order valence-corrected chi connectivity index (χ4v) is 8.78. The summed E-state index contributed by atoms with van der Waals surface area (Å²) in [6.45, 7) is 8.49. The molecule has 9 nitrogen and oxygen atoms in total. The van der Waals surface area contributed by atoms with E-state index in [2.05, 4.69) is 15.4 Å². The summed E-state index contributed by atoms with van der Waals surface area (Å²) in [6.07, 6.45) is 0.371. The topological polar surface area (TPSA) is 113 Å². The highest BCUT2D eigenvalue weighted by Gasteiger charge is 2.29. The highest BCUT2D eigenvalue weighted by molar-refractivity contribution is 7.89. The minimum Gasteiger partial charge on any atom is -0.360 e. The molecule has 4 aromatic carbocycles. The van der Waals surface area contributed by atoms with Gasteiger partial charge in [-0.2, -0.15) is 22.7 Å². The second-order valence-corrected chi connectivity index (χ2v) is 16.4. The van der Waals surface area contributed by atoms with Gasteiger partial charge in [0.2, 0.25) is 0 Å². The SMILES string of the molecule is Cc1nn(C(=O)c2c(-c3c(Cl)cccc3Cl)noc2C)c(C)c1Cc1c(F)cccc1Cl.Cc1nn(S(=O)(=O)c2ccccc2)c(C)c1Cc1c(F)cccc1Cl. The van der Waals surface area contributed by atoms with Gasteiger partial charge in [0.1, 0.15) is 28.7 Å². The maximum Gasteiger partial charge on any atom is 0.284 e. The van der Waals surface area contributed by atoms with Crippen LogP contribution in [0.4, 0.5) is 8.78 Å². The van der Waals surface area contributed by atoms with Crippen LogP contribution in [-0.4, -0.2) is 38.4 Å². The molecular formula is C41H33Cl4F2N5O4S. The zero-order chi connectivity index (χ0) is 41.3. The molecule has 0 aliphatic rings. The zero-order valence-corrected chi connectivity index (χ0v) is 34.9. The van der Waals surface area contributed by atoms with Crippen molar-refractivity contribution in [3.63, 3.8) is 0 Å². The van der Waals surface area contributed by atoms with Crippen molar-refractivity contribution in [2.45, 2.75) is 52.4 Å². The lowest BCUT2D eigenvalue weighted by Gasteiger charge is -2.08. The molecule has 3 aromatic heterocycles. The Morgan fingerprint density at radius 3 is 1.68 bits per heavy atom. The molecule has 0 saturated heterocycles. The highest BCUT2D eigenvalue weighted by atomic mass is 35.5. The number of carbonyl (C=O) groups excluding carboxylic acids is 1. The largest absolute Gasteiger partial charge is 0.360 e. The van der Waals surface area contributed by atoms with Crippen LogP contribution in [0.15, 0.2) is 94.3 Å². The minimum atomic E-state index is -3.81. The van der Waals surface area contributed by atoms with E-state index in [1.807, 2.05) is 0 Å². The Morgan fingerprint density at radius 1 is 0.649 bits per heavy atom. The van der Waals surface area contributed by atoms with Gasteiger partial charge in [-0.15, -0.1) is 0 Å². The standard InChI is InChI=1S/C23H17Cl3FN3O2.C18H16ClFN2O2S/c1-11-14(10-15-16(24)6-5-9-19(15)27)12(2)30(28-11)23(31)20-13(3)32-29-22(20)21-17(25)7-4-8-18(21)26;1-12-15(11-16-17(19)9-6-10-18(16)20)13(2)22(21-12)25(23,24)14-7-4-3-5-8-14/h4-9H,10H2,1-3H3;3-10H,11H2,1-2H3. The van der Waals surface area contributed by atoms with E-state index in [9.17, 15) is 22.0 Å². The number of hydrogen-bond acceptors (Lipinski definition) is 7. The van der Waals surface area contributed by atoms with E-state index in [0.717, 1.165) is 4.09 Å². The Bertz CT molecular complexity index is 2710. The molecule has 57 heavy (non-hydrogen) atoms. The summed E-state index contributed by atoms with van der Waals surface area (Å²) in [7, 11) is -3.81. The van der Waals surface area contributed by atoms with Crippen molar-refractivity contribution in [1.82, 2.24) is 24.1 Å². The van der Waals surface area contributed by atoms with E-state index < -0.39 is 27.6 Å². The van der Waals surface area contributed by atoms with Crippen LogP contribution < -0.4 is 0 Å². The molecular weight excluding hydrogens is 838 g/mol. The van der Waals surface area contributed by atoms with Crippen LogP contribution in [0, 0.1) is 46.3 Å². The molecule has 7 aromatic rings. The molecule has 7 rings (SSSR count). The van der Waals surface area contributed by atoms with Crippen molar-refractivity contribution in [3.8, 4) is 11.3 Å². The van der Waals surface area contributed by atoms with Gasteiger partial charge in [0.15, 0.2) is 0 Å². The van der Waals surface area contributed by atoms with Gasteiger partial charge in [-0.05, 0) is 83.1 Å². The number of nitrogens with zero attached hydrogens (tertiary/aromatic N) is 5. The minimum absolute atomic E-state index is 0.149. The Morgan fingerprint density at radius 2 is 1.14 bits per heavy atom. The fourth-order valence-electron chi connectivity index (χ4n) is 6.34. The monoisotopic (exact) mass is 869 g/mol. The van der Waals surface area contributed by atoms with Gasteiger partial charge in [0.05, 0.1) is 32.0 Å². The number of halogens is 6. The van der Waals surface area contributed by atoms with Gasteiger partial charge < -0.3 is 4.52 Å². The average molecular weight is 872 g/mol. The Labute approximate surface area is 347 Å². The third kappa shape index (κ3) is 8.28. The molecule has 16 heteroatoms. The lowest BCUT2D eigenvalue weighted by molar-refractivity contribution is 0.0941. The van der Waals surface area contributed by atoms with E-state index in [1.54, 1.807) is 89.2 Å². The first-order chi connectivity index (χ1) is 27.0. The van der Waals surface area contributed by atoms with Crippen molar-refractivity contribution in [2.24, 2.45) is 0 Å². The van der Waals surface area contributed by atoms with Crippen molar-refractivity contribution in [2.75, 3.05) is 0 Å². The third-order valence-corrected chi connectivity index (χ3v) is 12.4. The Kier molecular flexibility index (Phi) is 12.4. The highest BCUT2D eigenvalue weighted by Crippen LogP contribution is 2.37. The molecule has 0 aliphatic carbocycles. The molecule has 0 aliphatic heterocycles. The molecule has 294 valence electrons. The number of aromatic nitrogens is 5. The van der Waals surface area contributed by atoms with Crippen molar-refractivity contribution >= 4 is 62.3 Å². The maximum atomic E-state index is 14.3. The molecule has 0 fully saturated rings. The molecule has 0 spiro atoms. The van der Waals surface area contributed by atoms with Gasteiger partial charge >= 0.3 is 0 Å². The predicted octanol–water partition coefficient (Wildman–Crippen LogP) is 11.0. The normalized spacial score (nSPS) is 11.4. The lowest BCUT2D eigenvalue weighted by atomic mass is 10.0. The fraction of sp³-hybridized carbons (Fsp3) is 0.171. The number of rotatable bonds is 8. The molecule has 0 unspecified atom stereocenters. The molecule has 0 bridgehead atoms. The summed E-state index contributed by atoms with van der Waals surface area (Å²) in [5.41, 5.74) is 4.96. The molecule has 3 heterocycles. The number of aryl methyl sites for hydroxylation is 3. The van der Waals surface area contributed by atoms with Crippen LogP contribution >= 0.6 is 46.4 Å². The lowest BCUT2D eigenvalue weighted by Crippen LogP contribution is -2.17. The van der Waals surface area contributed by atoms with Crippen molar-refractivity contribution in [1.29, 1.82) is 0 Å². The van der Waals surface area contributed by atoms with E-state index in [-0.39, 0.29) is 29.0 Å². The van der Waals surface area contributed by atoms with Crippen molar-refractivity contribution in [3.05, 3.63) is 173 Å². The van der Waals surface area contributed by atoms with E-state index in [1.165, 1.54) is 35.0 Å². The van der Waals surface area contributed by atoms with Crippen LogP contribution in [0.2, 0.25) is 20.1 Å². The van der Waals surface area contributed by atoms with E-state index in [0.29, 0.717) is 76.4 Å². The first kappa shape index (κ1) is 41.8. The second kappa shape index (κ2) is 16.9. The van der Waals surface area contributed by atoms with Crippen LogP contribution in [0.3, 0.4) is 0 Å². The van der Waals surface area contributed by atoms with Gasteiger partial charge in [-0.3, -0.25) is 4.79 Å². The van der Waals surface area contributed by atoms with Gasteiger partial charge in [-0.1, -0.05) is 88.0 Å². The summed E-state index contributed by atoms with van der Waals surface area (Å²) >= 11 is 24.9. The summed E-state index contributed by atoms with van der Waals surface area (Å²) in [6, 6.07) is 22.1. The maximum absolute atomic E-state index is 14.3. The number of carbonyl (C=O) groups is 1. The van der Waals surface area contributed by atoms with Crippen LogP contribution in [0.5, 0.6) is 0 Å². The Hall–Kier alpha value is -4.85. The smallest absolute Gasteiger partial charge is 0.284 e. The summed E-state index contributed by atoms with van der Waals surface area (Å²) in [5, 5.41) is 13.9. The number of benzene rings is 4. The summed E-state index contributed by atoms with van der Waals surface area (Å²) in [5.74, 6) is -1.00. The van der Waals surface area contributed by atoms with Crippen molar-refractivity contribution < 1.29 is 26.5 Å². The molecule has 0 atom stereocenters. The van der Waals surface area contributed by atoms with E-state index in [4.69, 9.17) is 50.9 Å². The van der Waals surface area contributed by atoms with Crippen LogP contribution in [-0.2, 0) is 22.9 Å². The van der Waals surface area contributed by atoms with Gasteiger partial charge in [-0.25, -0.2) is 13.5 Å². The Balaban J connectivity index is 0.000000199. The first-order valence-corrected chi connectivity index (χ1v) is 20.2. The quantitative estimate of drug-likeness (QED) is 0.149. The van der Waals surface area contributed by atoms with Gasteiger partial charge in [0.25, 0.3) is 15.9 Å². The molecule has 0 radical (unpaired) electrons. The zero-order valence-electron chi connectivity index (χ0n) is 31.0. The van der Waals surface area contributed by atoms with Gasteiger partial charge in [0, 0.05) is 56.4 Å². The predicted molar refractivity (Wildman–Crippen MR) is 217 cm³/mol. The molecule has 0 amide bonds. The summed E-state index contributed by atoms with van der Waals surface area (Å²) < 4.78 is 61.6. The molecule has 0 N–H and O–H groups in total. The third-order valence-electron chi connectivity index (χ3n) is 9.41. The van der Waals surface area contributed by atoms with Crippen LogP contribution in [0.25, 0.3) is 11.3 Å². The van der Waals surface area contributed by atoms with Crippen LogP contribution in [0.1, 0.15) is 61.1 Å².